The average Bonchev–Trinajstić information content (AvgIpc) is 2.37. The second-order valence-electron chi connectivity index (χ2n) is 4.54. The highest BCUT2D eigenvalue weighted by Gasteiger charge is 2.11. The van der Waals surface area contributed by atoms with Crippen LogP contribution in [-0.4, -0.2) is 17.0 Å². The highest BCUT2D eigenvalue weighted by Crippen LogP contribution is 2.21. The van der Waals surface area contributed by atoms with E-state index in [1.165, 1.54) is 6.07 Å². The molecule has 0 fully saturated rings. The van der Waals surface area contributed by atoms with Crippen molar-refractivity contribution in [2.75, 3.05) is 10.6 Å². The molecule has 2 aromatic carbocycles. The van der Waals surface area contributed by atoms with Crippen molar-refractivity contribution in [2.45, 2.75) is 6.92 Å². The Hall–Kier alpha value is -3.02. The number of carbonyl (C=O) groups is 2. The number of hydrogen-bond donors (Lipinski definition) is 4. The summed E-state index contributed by atoms with van der Waals surface area (Å²) in [6.45, 7) is 1.82. The number of nitrogens with one attached hydrogen (secondary N) is 2. The molecule has 0 aliphatic heterocycles. The zero-order valence-electron chi connectivity index (χ0n) is 11.4. The predicted molar refractivity (Wildman–Crippen MR) is 80.4 cm³/mol. The van der Waals surface area contributed by atoms with E-state index in [-0.39, 0.29) is 11.3 Å². The van der Waals surface area contributed by atoms with E-state index in [2.05, 4.69) is 10.6 Å². The first-order chi connectivity index (χ1) is 9.95. The van der Waals surface area contributed by atoms with Crippen LogP contribution in [0, 0.1) is 6.92 Å². The number of primary amides is 1. The molecular weight excluding hydrogens is 270 g/mol. The van der Waals surface area contributed by atoms with Gasteiger partial charge in [0.1, 0.15) is 5.75 Å². The van der Waals surface area contributed by atoms with E-state index in [1.54, 1.807) is 36.4 Å². The van der Waals surface area contributed by atoms with Gasteiger partial charge in [0.05, 0.1) is 5.56 Å². The minimum atomic E-state index is -0.686. The lowest BCUT2D eigenvalue weighted by molar-refractivity contribution is 0.102. The van der Waals surface area contributed by atoms with Gasteiger partial charge in [-0.3, -0.25) is 4.79 Å². The molecule has 2 rings (SSSR count). The fourth-order valence-electron chi connectivity index (χ4n) is 1.85. The zero-order valence-corrected chi connectivity index (χ0v) is 11.4. The molecule has 21 heavy (non-hydrogen) atoms. The monoisotopic (exact) mass is 285 g/mol. The van der Waals surface area contributed by atoms with Gasteiger partial charge in [-0.15, -0.1) is 0 Å². The van der Waals surface area contributed by atoms with E-state index in [4.69, 9.17) is 5.73 Å². The third-order valence-electron chi connectivity index (χ3n) is 2.79. The van der Waals surface area contributed by atoms with Crippen LogP contribution in [0.4, 0.5) is 16.2 Å². The van der Waals surface area contributed by atoms with Crippen LogP contribution in [0.15, 0.2) is 42.5 Å². The van der Waals surface area contributed by atoms with Crippen LogP contribution >= 0.6 is 0 Å². The van der Waals surface area contributed by atoms with Gasteiger partial charge in [0, 0.05) is 11.4 Å². The second-order valence-corrected chi connectivity index (χ2v) is 4.54. The molecule has 0 aliphatic rings. The van der Waals surface area contributed by atoms with E-state index in [0.29, 0.717) is 11.4 Å². The smallest absolute Gasteiger partial charge is 0.316 e. The van der Waals surface area contributed by atoms with Gasteiger partial charge in [-0.05, 0) is 42.8 Å². The number of benzene rings is 2. The lowest BCUT2D eigenvalue weighted by Crippen LogP contribution is -2.19. The number of carbonyl (C=O) groups excluding carboxylic acids is 2. The number of hydrogen-bond acceptors (Lipinski definition) is 3. The Labute approximate surface area is 121 Å². The van der Waals surface area contributed by atoms with Crippen LogP contribution in [-0.2, 0) is 0 Å². The summed E-state index contributed by atoms with van der Waals surface area (Å²) >= 11 is 0. The van der Waals surface area contributed by atoms with Crippen molar-refractivity contribution in [2.24, 2.45) is 5.73 Å². The lowest BCUT2D eigenvalue weighted by atomic mass is 10.1. The van der Waals surface area contributed by atoms with Crippen LogP contribution in [0.25, 0.3) is 0 Å². The third kappa shape index (κ3) is 3.73. The highest BCUT2D eigenvalue weighted by atomic mass is 16.3. The molecule has 2 aromatic rings. The van der Waals surface area contributed by atoms with E-state index < -0.39 is 11.9 Å². The minimum absolute atomic E-state index is 0.0843. The Balaban J connectivity index is 2.17. The van der Waals surface area contributed by atoms with Gasteiger partial charge in [-0.1, -0.05) is 12.1 Å². The Morgan fingerprint density at radius 2 is 1.71 bits per heavy atom. The van der Waals surface area contributed by atoms with Crippen molar-refractivity contribution in [1.82, 2.24) is 0 Å². The quantitative estimate of drug-likeness (QED) is 0.696. The molecule has 0 spiro atoms. The van der Waals surface area contributed by atoms with Gasteiger partial charge in [-0.25, -0.2) is 4.79 Å². The SMILES string of the molecule is Cc1ccc(C(=O)Nc2cccc(NC(N)=O)c2)c(O)c1. The summed E-state index contributed by atoms with van der Waals surface area (Å²) < 4.78 is 0. The normalized spacial score (nSPS) is 9.95. The summed E-state index contributed by atoms with van der Waals surface area (Å²) in [6.07, 6.45) is 0. The van der Waals surface area contributed by atoms with Crippen molar-refractivity contribution in [3.05, 3.63) is 53.6 Å². The number of phenols is 1. The van der Waals surface area contributed by atoms with E-state index in [9.17, 15) is 14.7 Å². The molecule has 0 radical (unpaired) electrons. The molecule has 0 aliphatic carbocycles. The molecule has 108 valence electrons. The number of rotatable bonds is 3. The first-order valence-electron chi connectivity index (χ1n) is 6.23. The molecule has 3 amide bonds. The minimum Gasteiger partial charge on any atom is -0.507 e. The maximum Gasteiger partial charge on any atom is 0.316 e. The first kappa shape index (κ1) is 14.4. The maximum absolute atomic E-state index is 12.1. The van der Waals surface area contributed by atoms with Crippen molar-refractivity contribution < 1.29 is 14.7 Å². The van der Waals surface area contributed by atoms with Crippen molar-refractivity contribution in [1.29, 1.82) is 0 Å². The fourth-order valence-corrected chi connectivity index (χ4v) is 1.85. The summed E-state index contributed by atoms with van der Waals surface area (Å²) in [5.74, 6) is -0.525. The van der Waals surface area contributed by atoms with Gasteiger partial charge >= 0.3 is 6.03 Å². The number of phenolic OH excluding ortho intramolecular Hbond substituents is 1. The third-order valence-corrected chi connectivity index (χ3v) is 2.79. The van der Waals surface area contributed by atoms with E-state index >= 15 is 0 Å². The van der Waals surface area contributed by atoms with Crippen molar-refractivity contribution in [3.8, 4) is 5.75 Å². The van der Waals surface area contributed by atoms with Crippen molar-refractivity contribution >= 4 is 23.3 Å². The Kier molecular flexibility index (Phi) is 4.08. The van der Waals surface area contributed by atoms with Gasteiger partial charge in [0.2, 0.25) is 0 Å². The van der Waals surface area contributed by atoms with Crippen LogP contribution in [0.3, 0.4) is 0 Å². The Morgan fingerprint density at radius 1 is 1.05 bits per heavy atom. The topological polar surface area (TPSA) is 104 Å². The first-order valence-corrected chi connectivity index (χ1v) is 6.23. The Bertz CT molecular complexity index is 698. The van der Waals surface area contributed by atoms with Gasteiger partial charge < -0.3 is 21.5 Å². The molecular formula is C15H15N3O3. The van der Waals surface area contributed by atoms with E-state index in [0.717, 1.165) is 5.56 Å². The van der Waals surface area contributed by atoms with Crippen LogP contribution in [0.2, 0.25) is 0 Å². The number of anilines is 2. The molecule has 6 heteroatoms. The number of urea groups is 1. The molecule has 0 saturated heterocycles. The average molecular weight is 285 g/mol. The summed E-state index contributed by atoms with van der Waals surface area (Å²) in [5.41, 5.74) is 7.01. The van der Waals surface area contributed by atoms with Gasteiger partial charge in [-0.2, -0.15) is 0 Å². The van der Waals surface area contributed by atoms with Gasteiger partial charge in [0.15, 0.2) is 0 Å². The second kappa shape index (κ2) is 5.96. The summed E-state index contributed by atoms with van der Waals surface area (Å²) in [4.78, 5) is 22.9. The Morgan fingerprint density at radius 3 is 2.33 bits per heavy atom. The number of aryl methyl sites for hydroxylation is 1. The van der Waals surface area contributed by atoms with Gasteiger partial charge in [0.25, 0.3) is 5.91 Å². The highest BCUT2D eigenvalue weighted by molar-refractivity contribution is 6.06. The van der Waals surface area contributed by atoms with Crippen LogP contribution in [0.1, 0.15) is 15.9 Å². The number of amides is 3. The molecule has 6 nitrogen and oxygen atoms in total. The predicted octanol–water partition coefficient (Wildman–Crippen LogP) is 2.44. The molecule has 0 atom stereocenters. The fraction of sp³-hybridized carbons (Fsp3) is 0.0667. The number of nitrogens with two attached hydrogens (primary N) is 1. The zero-order chi connectivity index (χ0) is 15.4. The molecule has 0 aromatic heterocycles. The maximum atomic E-state index is 12.1. The number of aromatic hydroxyl groups is 1. The van der Waals surface area contributed by atoms with Crippen LogP contribution in [0.5, 0.6) is 5.75 Å². The lowest BCUT2D eigenvalue weighted by Gasteiger charge is -2.09. The standard InChI is InChI=1S/C15H15N3O3/c1-9-5-6-12(13(19)7-9)14(20)17-10-3-2-4-11(8-10)18-15(16)21/h2-8,19H,1H3,(H,17,20)(H3,16,18,21). The molecule has 0 saturated carbocycles. The molecule has 0 unspecified atom stereocenters. The largest absolute Gasteiger partial charge is 0.507 e. The van der Waals surface area contributed by atoms with Crippen LogP contribution < -0.4 is 16.4 Å². The molecule has 0 heterocycles. The summed E-state index contributed by atoms with van der Waals surface area (Å²) in [7, 11) is 0. The summed E-state index contributed by atoms with van der Waals surface area (Å²) in [5, 5.41) is 14.8. The molecule has 0 bridgehead atoms. The van der Waals surface area contributed by atoms with E-state index in [1.807, 2.05) is 6.92 Å². The molecule has 5 N–H and O–H groups in total. The van der Waals surface area contributed by atoms with Crippen molar-refractivity contribution in [3.63, 3.8) is 0 Å². The summed E-state index contributed by atoms with van der Waals surface area (Å²) in [6, 6.07) is 10.6.